The number of rotatable bonds is 3. The zero-order chi connectivity index (χ0) is 24.0. The van der Waals surface area contributed by atoms with E-state index in [1.54, 1.807) is 23.4 Å². The first-order valence-electron chi connectivity index (χ1n) is 10.8. The van der Waals surface area contributed by atoms with Gasteiger partial charge in [0.1, 0.15) is 16.5 Å². The van der Waals surface area contributed by atoms with Crippen LogP contribution in [-0.2, 0) is 0 Å². The molecule has 0 aliphatic carbocycles. The minimum Gasteiger partial charge on any atom is -0.368 e. The minimum atomic E-state index is -3.51. The summed E-state index contributed by atoms with van der Waals surface area (Å²) in [5.74, 6) is 0.549. The van der Waals surface area contributed by atoms with Gasteiger partial charge in [-0.1, -0.05) is 52.7 Å². The van der Waals surface area contributed by atoms with Gasteiger partial charge in [-0.25, -0.2) is 9.29 Å². The van der Waals surface area contributed by atoms with Crippen LogP contribution in [0.3, 0.4) is 0 Å². The molecule has 0 amide bonds. The predicted octanol–water partition coefficient (Wildman–Crippen LogP) is 5.45. The van der Waals surface area contributed by atoms with Crippen molar-refractivity contribution in [2.75, 3.05) is 21.5 Å². The van der Waals surface area contributed by atoms with Crippen molar-refractivity contribution in [3.63, 3.8) is 0 Å². The van der Waals surface area contributed by atoms with Crippen LogP contribution in [0.1, 0.15) is 29.7 Å². The number of aromatic nitrogens is 2. The van der Waals surface area contributed by atoms with Crippen molar-refractivity contribution in [1.29, 1.82) is 5.26 Å². The summed E-state index contributed by atoms with van der Waals surface area (Å²) in [6.07, 6.45) is 3.51. The van der Waals surface area contributed by atoms with Gasteiger partial charge in [-0.3, -0.25) is 9.11 Å². The second-order valence-corrected chi connectivity index (χ2v) is 10.4. The van der Waals surface area contributed by atoms with E-state index in [4.69, 9.17) is 17.3 Å². The van der Waals surface area contributed by atoms with Gasteiger partial charge in [-0.2, -0.15) is 10.2 Å². The number of hydrogen-bond acceptors (Lipinski definition) is 8. The summed E-state index contributed by atoms with van der Waals surface area (Å²) >= 11 is 6.45. The summed E-state index contributed by atoms with van der Waals surface area (Å²) in [6.45, 7) is 2.37. The lowest BCUT2D eigenvalue weighted by Crippen LogP contribution is -2.42. The third-order valence-electron chi connectivity index (χ3n) is 6.12. The fourth-order valence-electron chi connectivity index (χ4n) is 4.72. The summed E-state index contributed by atoms with van der Waals surface area (Å²) < 4.78 is 24.8. The molecule has 3 aromatic rings. The monoisotopic (exact) mass is 494 g/mol. The molecular weight excluding hydrogens is 472 g/mol. The van der Waals surface area contributed by atoms with Gasteiger partial charge in [0.15, 0.2) is 5.82 Å². The quantitative estimate of drug-likeness (QED) is 0.439. The van der Waals surface area contributed by atoms with Gasteiger partial charge in [0.05, 0.1) is 28.1 Å². The van der Waals surface area contributed by atoms with E-state index in [1.807, 2.05) is 47.4 Å². The number of nitrogen functional groups attached to an aromatic ring is 1. The molecule has 1 atom stereocenters. The lowest BCUT2D eigenvalue weighted by atomic mass is 10.1. The maximum Gasteiger partial charge on any atom is 0.222 e. The molecule has 2 aromatic carbocycles. The number of benzene rings is 2. The first-order valence-corrected chi connectivity index (χ1v) is 12.7. The Labute approximate surface area is 204 Å². The highest BCUT2D eigenvalue weighted by Gasteiger charge is 2.42. The van der Waals surface area contributed by atoms with Gasteiger partial charge in [0.25, 0.3) is 0 Å². The van der Waals surface area contributed by atoms with E-state index < -0.39 is 10.8 Å². The molecule has 0 bridgehead atoms. The van der Waals surface area contributed by atoms with Crippen molar-refractivity contribution in [2.24, 2.45) is 0 Å². The molecule has 8 nitrogen and oxygen atoms in total. The fraction of sp³-hybridized carbons (Fsp3) is 0.208. The summed E-state index contributed by atoms with van der Waals surface area (Å²) in [5.41, 5.74) is 8.79. The maximum atomic E-state index is 11.6. The zero-order valence-corrected chi connectivity index (χ0v) is 20.0. The number of hydrogen-bond donors (Lipinski definition) is 3. The molecular formula is C24H23ClN6O2S. The largest absolute Gasteiger partial charge is 0.368 e. The van der Waals surface area contributed by atoms with Crippen molar-refractivity contribution in [3.8, 4) is 6.07 Å². The van der Waals surface area contributed by atoms with E-state index in [9.17, 15) is 14.4 Å². The van der Waals surface area contributed by atoms with Gasteiger partial charge in [-0.15, -0.1) is 0 Å². The number of anilines is 3. The Morgan fingerprint density at radius 1 is 1.15 bits per heavy atom. The van der Waals surface area contributed by atoms with Gasteiger partial charge in [-0.05, 0) is 44.0 Å². The molecule has 0 unspecified atom stereocenters. The van der Waals surface area contributed by atoms with Crippen LogP contribution in [0, 0.1) is 18.3 Å². The molecule has 2 aliphatic rings. The Morgan fingerprint density at radius 3 is 2.65 bits per heavy atom. The van der Waals surface area contributed by atoms with Crippen molar-refractivity contribution >= 4 is 45.9 Å². The van der Waals surface area contributed by atoms with E-state index in [0.29, 0.717) is 50.5 Å². The molecule has 0 spiro atoms. The van der Waals surface area contributed by atoms with Gasteiger partial charge in [0.2, 0.25) is 5.95 Å². The van der Waals surface area contributed by atoms with Crippen molar-refractivity contribution in [2.45, 2.75) is 30.7 Å². The van der Waals surface area contributed by atoms with Crippen LogP contribution in [0.5, 0.6) is 0 Å². The summed E-state index contributed by atoms with van der Waals surface area (Å²) in [6, 6.07) is 16.4. The fourth-order valence-corrected chi connectivity index (χ4v) is 7.05. The van der Waals surface area contributed by atoms with E-state index in [1.165, 1.54) is 0 Å². The second-order valence-electron chi connectivity index (χ2n) is 8.21. The third kappa shape index (κ3) is 3.56. The molecule has 1 saturated heterocycles. The maximum absolute atomic E-state index is 11.6. The smallest absolute Gasteiger partial charge is 0.222 e. The Kier molecular flexibility index (Phi) is 5.62. The number of nitrogens with zero attached hydrogens (tertiary/aromatic N) is 5. The zero-order valence-electron chi connectivity index (χ0n) is 18.4. The molecule has 3 heterocycles. The number of aryl methyl sites for hydroxylation is 1. The predicted molar refractivity (Wildman–Crippen MR) is 136 cm³/mol. The number of halogens is 1. The normalized spacial score (nSPS) is 19.9. The van der Waals surface area contributed by atoms with E-state index in [0.717, 1.165) is 12.8 Å². The minimum absolute atomic E-state index is 0.0936. The topological polar surface area (TPSA) is 123 Å². The Morgan fingerprint density at radius 2 is 1.91 bits per heavy atom. The van der Waals surface area contributed by atoms with E-state index in [2.05, 4.69) is 16.0 Å². The number of nitriles is 1. The average molecular weight is 495 g/mol. The molecule has 0 radical (unpaired) electrons. The Hall–Kier alpha value is -3.29. The molecule has 34 heavy (non-hydrogen) atoms. The van der Waals surface area contributed by atoms with Crippen LogP contribution in [0.2, 0.25) is 5.02 Å². The van der Waals surface area contributed by atoms with Crippen LogP contribution >= 0.6 is 22.4 Å². The summed E-state index contributed by atoms with van der Waals surface area (Å²) in [5, 5.41) is 10.1. The van der Waals surface area contributed by atoms with Crippen molar-refractivity contribution in [1.82, 2.24) is 9.97 Å². The van der Waals surface area contributed by atoms with Crippen LogP contribution in [0.4, 0.5) is 17.5 Å². The molecule has 1 aromatic heterocycles. The summed E-state index contributed by atoms with van der Waals surface area (Å²) in [7, 11) is -3.51. The lowest BCUT2D eigenvalue weighted by Gasteiger charge is -2.50. The molecule has 2 aliphatic heterocycles. The average Bonchev–Trinajstić information content (AvgIpc) is 3.28. The van der Waals surface area contributed by atoms with Crippen molar-refractivity contribution < 1.29 is 9.11 Å². The van der Waals surface area contributed by atoms with Crippen LogP contribution in [0.15, 0.2) is 59.1 Å². The third-order valence-corrected chi connectivity index (χ3v) is 8.48. The number of fused-ring (bicyclic) bond motifs is 1. The first kappa shape index (κ1) is 22.5. The number of nitrogens with two attached hydrogens (primary N) is 1. The first-order chi connectivity index (χ1) is 16.3. The Balaban J connectivity index is 1.72. The molecule has 0 saturated carbocycles. The standard InChI is InChI=1S/C24H23ClN6O2S/c1-15-18(14-26)23(29-24(27)28-15)30-12-6-11-20(30)21-13-16-7-5-10-19(25)22(16)34(32,33)31(21)17-8-3-2-4-9-17/h2-5,7-10,13,20,32-33H,6,11-12H2,1H3,(H2,27,28,29)/t20-/m0/s1. The number of para-hydroxylation sites is 1. The van der Waals surface area contributed by atoms with Crippen LogP contribution in [-0.4, -0.2) is 31.7 Å². The van der Waals surface area contributed by atoms with Gasteiger partial charge in [0, 0.05) is 12.1 Å². The van der Waals surface area contributed by atoms with Crippen LogP contribution < -0.4 is 14.9 Å². The van der Waals surface area contributed by atoms with Gasteiger partial charge >= 0.3 is 0 Å². The Bertz CT molecular complexity index is 1340. The molecule has 5 rings (SSSR count). The second kappa shape index (κ2) is 8.49. The molecule has 1 fully saturated rings. The van der Waals surface area contributed by atoms with Crippen LogP contribution in [0.25, 0.3) is 6.08 Å². The molecule has 4 N–H and O–H groups in total. The molecule has 10 heteroatoms. The lowest BCUT2D eigenvalue weighted by molar-refractivity contribution is 0.482. The van der Waals surface area contributed by atoms with Gasteiger partial charge < -0.3 is 10.6 Å². The van der Waals surface area contributed by atoms with E-state index in [-0.39, 0.29) is 12.0 Å². The summed E-state index contributed by atoms with van der Waals surface area (Å²) in [4.78, 5) is 10.9. The van der Waals surface area contributed by atoms with E-state index >= 15 is 0 Å². The highest BCUT2D eigenvalue weighted by molar-refractivity contribution is 8.25. The SMILES string of the molecule is Cc1nc(N)nc(N2CCC[C@H]2C2=Cc3cccc(Cl)c3S(O)(O)N2c2ccccc2)c1C#N. The molecule has 174 valence electrons. The van der Waals surface area contributed by atoms with Crippen molar-refractivity contribution in [3.05, 3.63) is 76.1 Å². The highest BCUT2D eigenvalue weighted by Crippen LogP contribution is 2.62. The highest BCUT2D eigenvalue weighted by atomic mass is 35.5.